The maximum atomic E-state index is 6.51. The molecule has 0 N–H and O–H groups in total. The lowest BCUT2D eigenvalue weighted by Crippen LogP contribution is -1.78. The molecule has 4 rings (SSSR count). The molecule has 0 aliphatic rings. The number of nitrogens with zero attached hydrogens (tertiary/aromatic N) is 1. The molecule has 0 atom stereocenters. The van der Waals surface area contributed by atoms with Gasteiger partial charge >= 0.3 is 0 Å². The Kier molecular flexibility index (Phi) is 1.91. The summed E-state index contributed by atoms with van der Waals surface area (Å²) in [6, 6.07) is 11.8. The van der Waals surface area contributed by atoms with Crippen LogP contribution in [-0.4, -0.2) is 4.98 Å². The number of fused-ring (bicyclic) bond motifs is 4. The molecule has 0 unspecified atom stereocenters. The number of furan rings is 1. The molecule has 0 bridgehead atoms. The molecule has 2 aromatic heterocycles. The van der Waals surface area contributed by atoms with Gasteiger partial charge in [-0.3, -0.25) is 4.98 Å². The van der Waals surface area contributed by atoms with Crippen LogP contribution < -0.4 is 0 Å². The molecule has 0 aliphatic carbocycles. The molecule has 0 aliphatic heterocycles. The molecule has 0 radical (unpaired) electrons. The summed E-state index contributed by atoms with van der Waals surface area (Å²) in [7, 11) is 0. The summed E-state index contributed by atoms with van der Waals surface area (Å²) < 4.78 is 5.83. The Bertz CT molecular complexity index is 895. The van der Waals surface area contributed by atoms with E-state index in [0.29, 0.717) is 0 Å². The third-order valence-electron chi connectivity index (χ3n) is 3.22. The lowest BCUT2D eigenvalue weighted by molar-refractivity contribution is 0.669. The van der Waals surface area contributed by atoms with Crippen molar-refractivity contribution in [2.75, 3.05) is 0 Å². The van der Waals surface area contributed by atoms with Crippen LogP contribution in [0, 0.1) is 0 Å². The van der Waals surface area contributed by atoms with Crippen LogP contribution in [0.25, 0.3) is 32.7 Å². The number of rotatable bonds is 0. The van der Waals surface area contributed by atoms with Crippen LogP contribution in [0.3, 0.4) is 0 Å². The summed E-state index contributed by atoms with van der Waals surface area (Å²) in [5, 5.41) is 4.76. The Labute approximate surface area is 108 Å². The second-order valence-corrected chi connectivity index (χ2v) is 4.64. The van der Waals surface area contributed by atoms with E-state index in [4.69, 9.17) is 16.0 Å². The first-order chi connectivity index (χ1) is 8.84. The van der Waals surface area contributed by atoms with Gasteiger partial charge in [0.05, 0.1) is 5.02 Å². The zero-order valence-corrected chi connectivity index (χ0v) is 10.1. The highest BCUT2D eigenvalue weighted by Gasteiger charge is 2.12. The second-order valence-electron chi connectivity index (χ2n) is 4.26. The largest absolute Gasteiger partial charge is 0.456 e. The van der Waals surface area contributed by atoms with E-state index in [-0.39, 0.29) is 0 Å². The van der Waals surface area contributed by atoms with E-state index in [9.17, 15) is 0 Å². The SMILES string of the molecule is Clc1c2ccncc2cc2oc3ccccc3c12. The van der Waals surface area contributed by atoms with Gasteiger partial charge < -0.3 is 4.42 Å². The molecular formula is C15H8ClNO. The topological polar surface area (TPSA) is 26.0 Å². The summed E-state index contributed by atoms with van der Waals surface area (Å²) in [4.78, 5) is 4.11. The predicted octanol–water partition coefficient (Wildman–Crippen LogP) is 4.79. The quantitative estimate of drug-likeness (QED) is 0.450. The highest BCUT2D eigenvalue weighted by molar-refractivity contribution is 6.42. The molecule has 0 spiro atoms. The number of hydrogen-bond acceptors (Lipinski definition) is 2. The fourth-order valence-electron chi connectivity index (χ4n) is 2.39. The number of aromatic nitrogens is 1. The monoisotopic (exact) mass is 253 g/mol. The van der Waals surface area contributed by atoms with Crippen LogP contribution in [0.4, 0.5) is 0 Å². The molecule has 0 amide bonds. The molecule has 2 heterocycles. The summed E-state index contributed by atoms with van der Waals surface area (Å²) >= 11 is 6.51. The number of hydrogen-bond donors (Lipinski definition) is 0. The van der Waals surface area contributed by atoms with Gasteiger partial charge in [0.1, 0.15) is 11.2 Å². The van der Waals surface area contributed by atoms with E-state index in [0.717, 1.165) is 37.7 Å². The summed E-state index contributed by atoms with van der Waals surface area (Å²) in [5.74, 6) is 0. The summed E-state index contributed by atoms with van der Waals surface area (Å²) in [6.07, 6.45) is 3.55. The predicted molar refractivity (Wildman–Crippen MR) is 74.0 cm³/mol. The molecule has 0 fully saturated rings. The van der Waals surface area contributed by atoms with Gasteiger partial charge in [0.2, 0.25) is 0 Å². The van der Waals surface area contributed by atoms with Gasteiger partial charge in [-0.25, -0.2) is 0 Å². The molecule has 86 valence electrons. The molecule has 3 heteroatoms. The van der Waals surface area contributed by atoms with Gasteiger partial charge in [-0.05, 0) is 18.2 Å². The van der Waals surface area contributed by atoms with Gasteiger partial charge in [0.15, 0.2) is 0 Å². The van der Waals surface area contributed by atoms with Crippen LogP contribution in [0.1, 0.15) is 0 Å². The maximum Gasteiger partial charge on any atom is 0.137 e. The molecule has 0 saturated heterocycles. The van der Waals surface area contributed by atoms with Crippen molar-refractivity contribution in [1.29, 1.82) is 0 Å². The molecular weight excluding hydrogens is 246 g/mol. The third-order valence-corrected chi connectivity index (χ3v) is 3.61. The van der Waals surface area contributed by atoms with Crippen molar-refractivity contribution in [2.45, 2.75) is 0 Å². The van der Waals surface area contributed by atoms with Gasteiger partial charge in [0.25, 0.3) is 0 Å². The van der Waals surface area contributed by atoms with E-state index >= 15 is 0 Å². The molecule has 0 saturated carbocycles. The van der Waals surface area contributed by atoms with E-state index in [1.807, 2.05) is 36.4 Å². The van der Waals surface area contributed by atoms with Crippen molar-refractivity contribution in [2.24, 2.45) is 0 Å². The zero-order valence-electron chi connectivity index (χ0n) is 9.35. The van der Waals surface area contributed by atoms with Crippen LogP contribution in [0.2, 0.25) is 5.02 Å². The number of para-hydroxylation sites is 1. The van der Waals surface area contributed by atoms with Crippen molar-refractivity contribution in [3.8, 4) is 0 Å². The molecule has 2 nitrogen and oxygen atoms in total. The van der Waals surface area contributed by atoms with Crippen molar-refractivity contribution in [3.05, 3.63) is 53.8 Å². The Morgan fingerprint density at radius 1 is 1.00 bits per heavy atom. The first kappa shape index (κ1) is 9.92. The third kappa shape index (κ3) is 1.21. The first-order valence-electron chi connectivity index (χ1n) is 5.68. The maximum absolute atomic E-state index is 6.51. The fraction of sp³-hybridized carbons (Fsp3) is 0. The van der Waals surface area contributed by atoms with Crippen LogP contribution in [-0.2, 0) is 0 Å². The Morgan fingerprint density at radius 3 is 2.83 bits per heavy atom. The minimum absolute atomic E-state index is 0.731. The zero-order chi connectivity index (χ0) is 12.1. The number of benzene rings is 2. The number of halogens is 1. The minimum atomic E-state index is 0.731. The Hall–Kier alpha value is -2.06. The van der Waals surface area contributed by atoms with E-state index in [1.165, 1.54) is 0 Å². The van der Waals surface area contributed by atoms with Gasteiger partial charge in [0, 0.05) is 33.9 Å². The highest BCUT2D eigenvalue weighted by Crippen LogP contribution is 2.38. The summed E-state index contributed by atoms with van der Waals surface area (Å²) in [6.45, 7) is 0. The molecule has 18 heavy (non-hydrogen) atoms. The van der Waals surface area contributed by atoms with E-state index < -0.39 is 0 Å². The van der Waals surface area contributed by atoms with Crippen LogP contribution in [0.15, 0.2) is 53.2 Å². The fourth-order valence-corrected chi connectivity index (χ4v) is 2.76. The van der Waals surface area contributed by atoms with Gasteiger partial charge in [-0.15, -0.1) is 0 Å². The van der Waals surface area contributed by atoms with Crippen LogP contribution >= 0.6 is 11.6 Å². The standard InChI is InChI=1S/C15H8ClNO/c16-15-10-5-6-17-8-9(10)7-13-14(15)11-3-1-2-4-12(11)18-13/h1-8H. The average Bonchev–Trinajstić information content (AvgIpc) is 2.77. The first-order valence-corrected chi connectivity index (χ1v) is 6.06. The van der Waals surface area contributed by atoms with E-state index in [2.05, 4.69) is 4.98 Å². The normalized spacial score (nSPS) is 11.6. The minimum Gasteiger partial charge on any atom is -0.456 e. The second kappa shape index (κ2) is 3.47. The smallest absolute Gasteiger partial charge is 0.137 e. The molecule has 4 aromatic rings. The average molecular weight is 254 g/mol. The molecule has 2 aromatic carbocycles. The van der Waals surface area contributed by atoms with E-state index in [1.54, 1.807) is 12.4 Å². The van der Waals surface area contributed by atoms with Crippen molar-refractivity contribution < 1.29 is 4.42 Å². The summed E-state index contributed by atoms with van der Waals surface area (Å²) in [5.41, 5.74) is 1.67. The van der Waals surface area contributed by atoms with Crippen molar-refractivity contribution >= 4 is 44.3 Å². The lowest BCUT2D eigenvalue weighted by atomic mass is 10.1. The van der Waals surface area contributed by atoms with Crippen molar-refractivity contribution in [3.63, 3.8) is 0 Å². The Morgan fingerprint density at radius 2 is 1.89 bits per heavy atom. The van der Waals surface area contributed by atoms with Crippen molar-refractivity contribution in [1.82, 2.24) is 4.98 Å². The highest BCUT2D eigenvalue weighted by atomic mass is 35.5. The lowest BCUT2D eigenvalue weighted by Gasteiger charge is -2.00. The van der Waals surface area contributed by atoms with Gasteiger partial charge in [-0.1, -0.05) is 29.8 Å². The van der Waals surface area contributed by atoms with Gasteiger partial charge in [-0.2, -0.15) is 0 Å². The Balaban J connectivity index is 2.34. The number of pyridine rings is 1. The van der Waals surface area contributed by atoms with Crippen LogP contribution in [0.5, 0.6) is 0 Å².